The molecule has 1 aliphatic carbocycles. The molecule has 1 heterocycles. The predicted octanol–water partition coefficient (Wildman–Crippen LogP) is 1.19. The van der Waals surface area contributed by atoms with E-state index >= 15 is 0 Å². The summed E-state index contributed by atoms with van der Waals surface area (Å²) in [5.74, 6) is 0.0636. The molecule has 0 saturated heterocycles. The Morgan fingerprint density at radius 1 is 1.61 bits per heavy atom. The Balaban J connectivity index is 2.26. The van der Waals surface area contributed by atoms with Crippen LogP contribution in [0.4, 0.5) is 5.82 Å². The van der Waals surface area contributed by atoms with E-state index in [0.29, 0.717) is 29.0 Å². The third kappa shape index (κ3) is 2.57. The molecule has 0 bridgehead atoms. The van der Waals surface area contributed by atoms with E-state index in [0.717, 1.165) is 12.8 Å². The Hall–Kier alpha value is -1.33. The van der Waals surface area contributed by atoms with Gasteiger partial charge in [-0.05, 0) is 25.3 Å². The van der Waals surface area contributed by atoms with E-state index in [2.05, 4.69) is 4.98 Å². The van der Waals surface area contributed by atoms with Crippen molar-refractivity contribution in [2.45, 2.75) is 25.3 Å². The van der Waals surface area contributed by atoms with Crippen LogP contribution >= 0.6 is 11.6 Å². The molecule has 0 aromatic carbocycles. The zero-order valence-electron chi connectivity index (χ0n) is 9.97. The number of anilines is 1. The van der Waals surface area contributed by atoms with Crippen molar-refractivity contribution in [1.82, 2.24) is 4.98 Å². The minimum Gasteiger partial charge on any atom is -0.395 e. The summed E-state index contributed by atoms with van der Waals surface area (Å²) in [6.45, 7) is 0.541. The minimum atomic E-state index is -0.548. The first kappa shape index (κ1) is 13.1. The zero-order valence-corrected chi connectivity index (χ0v) is 10.7. The average Bonchev–Trinajstić information content (AvgIpc) is 2.26. The van der Waals surface area contributed by atoms with Crippen LogP contribution in [0.25, 0.3) is 0 Å². The molecule has 1 aliphatic rings. The standard InChI is InChI=1S/C12H16ClN3O2/c13-10-6-8(11(14)18)7-15-12(10)16(4-5-17)9-2-1-3-9/h6-7,9,17H,1-5H2,(H2,14,18). The molecule has 2 rings (SSSR count). The van der Waals surface area contributed by atoms with Crippen LogP contribution in [0.15, 0.2) is 12.3 Å². The summed E-state index contributed by atoms with van der Waals surface area (Å²) in [6.07, 6.45) is 4.77. The second-order valence-electron chi connectivity index (χ2n) is 4.40. The van der Waals surface area contributed by atoms with Gasteiger partial charge in [0.1, 0.15) is 5.82 Å². The molecular weight excluding hydrogens is 254 g/mol. The van der Waals surface area contributed by atoms with Crippen LogP contribution in [0.2, 0.25) is 5.02 Å². The molecule has 0 atom stereocenters. The largest absolute Gasteiger partial charge is 0.395 e. The molecule has 1 fully saturated rings. The van der Waals surface area contributed by atoms with Crippen LogP contribution in [0.1, 0.15) is 29.6 Å². The zero-order chi connectivity index (χ0) is 13.1. The fraction of sp³-hybridized carbons (Fsp3) is 0.500. The number of carbonyl (C=O) groups excluding carboxylic acids is 1. The predicted molar refractivity (Wildman–Crippen MR) is 69.8 cm³/mol. The van der Waals surface area contributed by atoms with Gasteiger partial charge in [-0.2, -0.15) is 0 Å². The molecule has 1 amide bonds. The Morgan fingerprint density at radius 2 is 2.33 bits per heavy atom. The van der Waals surface area contributed by atoms with E-state index in [4.69, 9.17) is 22.4 Å². The molecule has 5 nitrogen and oxygen atoms in total. The second-order valence-corrected chi connectivity index (χ2v) is 4.80. The lowest BCUT2D eigenvalue weighted by molar-refractivity contribution is 0.1000. The molecule has 3 N–H and O–H groups in total. The highest BCUT2D eigenvalue weighted by Crippen LogP contribution is 2.32. The van der Waals surface area contributed by atoms with Crippen molar-refractivity contribution in [2.24, 2.45) is 5.73 Å². The Kier molecular flexibility index (Phi) is 4.04. The Morgan fingerprint density at radius 3 is 2.78 bits per heavy atom. The number of carbonyl (C=O) groups is 1. The Bertz CT molecular complexity index is 449. The molecule has 0 radical (unpaired) electrons. The molecule has 0 aliphatic heterocycles. The number of pyridine rings is 1. The summed E-state index contributed by atoms with van der Waals surface area (Å²) in [6, 6.07) is 1.90. The number of halogens is 1. The lowest BCUT2D eigenvalue weighted by atomic mass is 9.91. The van der Waals surface area contributed by atoms with Crippen molar-refractivity contribution >= 4 is 23.3 Å². The number of amides is 1. The van der Waals surface area contributed by atoms with Gasteiger partial charge < -0.3 is 15.7 Å². The summed E-state index contributed by atoms with van der Waals surface area (Å²) >= 11 is 6.14. The van der Waals surface area contributed by atoms with Crippen LogP contribution in [0.3, 0.4) is 0 Å². The number of rotatable bonds is 5. The fourth-order valence-electron chi connectivity index (χ4n) is 2.04. The summed E-state index contributed by atoms with van der Waals surface area (Å²) in [4.78, 5) is 17.2. The van der Waals surface area contributed by atoms with Crippen LogP contribution in [0, 0.1) is 0 Å². The maximum Gasteiger partial charge on any atom is 0.250 e. The summed E-state index contributed by atoms with van der Waals surface area (Å²) in [7, 11) is 0. The highest BCUT2D eigenvalue weighted by atomic mass is 35.5. The molecule has 0 spiro atoms. The van der Waals surface area contributed by atoms with Gasteiger partial charge in [0.25, 0.3) is 0 Å². The number of hydrogen-bond acceptors (Lipinski definition) is 4. The van der Waals surface area contributed by atoms with Crippen LogP contribution in [-0.2, 0) is 0 Å². The number of aliphatic hydroxyl groups excluding tert-OH is 1. The van der Waals surface area contributed by atoms with Crippen molar-refractivity contribution in [1.29, 1.82) is 0 Å². The molecule has 0 unspecified atom stereocenters. The van der Waals surface area contributed by atoms with Gasteiger partial charge in [0.05, 0.1) is 17.2 Å². The third-order valence-corrected chi connectivity index (χ3v) is 3.51. The number of nitrogens with zero attached hydrogens (tertiary/aromatic N) is 2. The topological polar surface area (TPSA) is 79.5 Å². The van der Waals surface area contributed by atoms with Crippen molar-refractivity contribution in [3.05, 3.63) is 22.8 Å². The van der Waals surface area contributed by atoms with Gasteiger partial charge in [-0.1, -0.05) is 11.6 Å². The smallest absolute Gasteiger partial charge is 0.250 e. The maximum absolute atomic E-state index is 11.0. The monoisotopic (exact) mass is 269 g/mol. The maximum atomic E-state index is 11.0. The first-order valence-electron chi connectivity index (χ1n) is 5.96. The third-order valence-electron chi connectivity index (χ3n) is 3.23. The van der Waals surface area contributed by atoms with Gasteiger partial charge in [0.15, 0.2) is 0 Å². The summed E-state index contributed by atoms with van der Waals surface area (Å²) in [5, 5.41) is 9.51. The molecular formula is C12H16ClN3O2. The lowest BCUT2D eigenvalue weighted by Gasteiger charge is -2.38. The van der Waals surface area contributed by atoms with E-state index in [1.54, 1.807) is 0 Å². The SMILES string of the molecule is NC(=O)c1cnc(N(CCO)C2CCC2)c(Cl)c1. The van der Waals surface area contributed by atoms with Crippen molar-refractivity contribution in [3.8, 4) is 0 Å². The van der Waals surface area contributed by atoms with E-state index in [1.165, 1.54) is 18.7 Å². The molecule has 98 valence electrons. The normalized spacial score (nSPS) is 15.2. The van der Waals surface area contributed by atoms with Crippen LogP contribution in [0.5, 0.6) is 0 Å². The number of nitrogens with two attached hydrogens (primary N) is 1. The van der Waals surface area contributed by atoms with Gasteiger partial charge in [-0.15, -0.1) is 0 Å². The van der Waals surface area contributed by atoms with Crippen molar-refractivity contribution < 1.29 is 9.90 Å². The molecule has 1 aromatic rings. The fourth-order valence-corrected chi connectivity index (χ4v) is 2.32. The van der Waals surface area contributed by atoms with E-state index < -0.39 is 5.91 Å². The summed E-state index contributed by atoms with van der Waals surface area (Å²) < 4.78 is 0. The number of hydrogen-bond donors (Lipinski definition) is 2. The van der Waals surface area contributed by atoms with Gasteiger partial charge in [0, 0.05) is 18.8 Å². The summed E-state index contributed by atoms with van der Waals surface area (Å²) in [5.41, 5.74) is 5.47. The first-order valence-corrected chi connectivity index (χ1v) is 6.34. The number of aliphatic hydroxyl groups is 1. The number of aromatic nitrogens is 1. The van der Waals surface area contributed by atoms with Gasteiger partial charge in [-0.25, -0.2) is 4.98 Å². The van der Waals surface area contributed by atoms with Gasteiger partial charge in [0.2, 0.25) is 5.91 Å². The van der Waals surface area contributed by atoms with Crippen LogP contribution < -0.4 is 10.6 Å². The number of primary amides is 1. The highest BCUT2D eigenvalue weighted by molar-refractivity contribution is 6.33. The second kappa shape index (κ2) is 5.54. The van der Waals surface area contributed by atoms with Gasteiger partial charge in [-0.3, -0.25) is 4.79 Å². The van der Waals surface area contributed by atoms with E-state index in [1.807, 2.05) is 4.90 Å². The molecule has 1 aromatic heterocycles. The average molecular weight is 270 g/mol. The van der Waals surface area contributed by atoms with E-state index in [9.17, 15) is 4.79 Å². The quantitative estimate of drug-likeness (QED) is 0.841. The van der Waals surface area contributed by atoms with Crippen molar-refractivity contribution in [3.63, 3.8) is 0 Å². The van der Waals surface area contributed by atoms with Gasteiger partial charge >= 0.3 is 0 Å². The first-order chi connectivity index (χ1) is 8.63. The van der Waals surface area contributed by atoms with Crippen molar-refractivity contribution in [2.75, 3.05) is 18.1 Å². The van der Waals surface area contributed by atoms with E-state index in [-0.39, 0.29) is 6.61 Å². The highest BCUT2D eigenvalue weighted by Gasteiger charge is 2.27. The van der Waals surface area contributed by atoms with Crippen LogP contribution in [-0.4, -0.2) is 35.2 Å². The molecule has 1 saturated carbocycles. The Labute approximate surface area is 111 Å². The molecule has 18 heavy (non-hydrogen) atoms. The minimum absolute atomic E-state index is 0.0477. The molecule has 6 heteroatoms. The lowest BCUT2D eigenvalue weighted by Crippen LogP contribution is -2.42.